The van der Waals surface area contributed by atoms with E-state index in [2.05, 4.69) is 16.0 Å². The number of carbonyl (C=O) groups excluding carboxylic acids is 2. The fourth-order valence-electron chi connectivity index (χ4n) is 3.91. The van der Waals surface area contributed by atoms with Crippen molar-refractivity contribution >= 4 is 40.7 Å². The van der Waals surface area contributed by atoms with Crippen molar-refractivity contribution in [2.24, 2.45) is 0 Å². The number of carbonyl (C=O) groups is 2. The normalized spacial score (nSPS) is 22.0. The minimum atomic E-state index is -0.453. The number of nitrogens with one attached hydrogen (secondary N) is 3. The lowest BCUT2D eigenvalue weighted by Crippen LogP contribution is -2.50. The van der Waals surface area contributed by atoms with Gasteiger partial charge in [-0.05, 0) is 62.1 Å². The number of amides is 2. The van der Waals surface area contributed by atoms with Crippen LogP contribution < -0.4 is 25.4 Å². The second kappa shape index (κ2) is 10.3. The summed E-state index contributed by atoms with van der Waals surface area (Å²) in [5.74, 6) is 1.00. The van der Waals surface area contributed by atoms with Crippen LogP contribution in [0.15, 0.2) is 42.5 Å². The average molecular weight is 478 g/mol. The van der Waals surface area contributed by atoms with Gasteiger partial charge in [-0.15, -0.1) is 0 Å². The van der Waals surface area contributed by atoms with Crippen LogP contribution in [0.2, 0.25) is 10.0 Å². The molecule has 2 aromatic rings. The molecule has 0 saturated heterocycles. The third-order valence-electron chi connectivity index (χ3n) is 5.62. The van der Waals surface area contributed by atoms with Crippen molar-refractivity contribution in [3.63, 3.8) is 0 Å². The van der Waals surface area contributed by atoms with Crippen LogP contribution in [-0.4, -0.2) is 43.2 Å². The van der Waals surface area contributed by atoms with E-state index in [1.165, 1.54) is 0 Å². The summed E-state index contributed by atoms with van der Waals surface area (Å²) >= 11 is 11.8. The summed E-state index contributed by atoms with van der Waals surface area (Å²) in [4.78, 5) is 24.8. The van der Waals surface area contributed by atoms with Gasteiger partial charge in [-0.3, -0.25) is 9.59 Å². The largest absolute Gasteiger partial charge is 0.489 e. The van der Waals surface area contributed by atoms with Gasteiger partial charge in [0.15, 0.2) is 6.61 Å². The minimum absolute atomic E-state index is 0.0433. The smallest absolute Gasteiger partial charge is 0.258 e. The van der Waals surface area contributed by atoms with E-state index in [9.17, 15) is 9.59 Å². The maximum Gasteiger partial charge on any atom is 0.258 e. The van der Waals surface area contributed by atoms with E-state index in [1.807, 2.05) is 6.07 Å². The van der Waals surface area contributed by atoms with E-state index in [1.54, 1.807) is 36.4 Å². The Kier molecular flexibility index (Phi) is 7.27. The molecule has 1 fully saturated rings. The van der Waals surface area contributed by atoms with Gasteiger partial charge in [0.2, 0.25) is 5.91 Å². The Morgan fingerprint density at radius 2 is 1.62 bits per heavy atom. The molecule has 1 heterocycles. The Morgan fingerprint density at radius 3 is 2.34 bits per heavy atom. The second-order valence-electron chi connectivity index (χ2n) is 8.02. The van der Waals surface area contributed by atoms with Crippen molar-refractivity contribution in [2.45, 2.75) is 43.8 Å². The number of fused-ring (bicyclic) bond motifs is 1. The molecule has 0 spiro atoms. The number of ether oxygens (including phenoxy) is 2. The molecule has 9 heteroatoms. The van der Waals surface area contributed by atoms with Crippen molar-refractivity contribution in [3.8, 4) is 11.5 Å². The van der Waals surface area contributed by atoms with Crippen LogP contribution in [0, 0.1) is 0 Å². The first-order valence-electron chi connectivity index (χ1n) is 10.6. The van der Waals surface area contributed by atoms with Crippen LogP contribution in [0.1, 0.15) is 25.7 Å². The van der Waals surface area contributed by atoms with Crippen LogP contribution in [0.5, 0.6) is 11.5 Å². The van der Waals surface area contributed by atoms with E-state index in [0.29, 0.717) is 21.5 Å². The maximum atomic E-state index is 12.7. The van der Waals surface area contributed by atoms with Crippen LogP contribution >= 0.6 is 23.2 Å². The van der Waals surface area contributed by atoms with Crippen LogP contribution in [0.4, 0.5) is 5.69 Å². The van der Waals surface area contributed by atoms with Crippen molar-refractivity contribution in [2.75, 3.05) is 18.5 Å². The third-order valence-corrected chi connectivity index (χ3v) is 6.10. The molecule has 1 saturated carbocycles. The van der Waals surface area contributed by atoms with Gasteiger partial charge in [-0.25, -0.2) is 0 Å². The van der Waals surface area contributed by atoms with E-state index in [0.717, 1.165) is 31.4 Å². The summed E-state index contributed by atoms with van der Waals surface area (Å²) in [6.45, 7) is 0.205. The van der Waals surface area contributed by atoms with Gasteiger partial charge in [0.1, 0.15) is 24.1 Å². The first-order chi connectivity index (χ1) is 15.5. The summed E-state index contributed by atoms with van der Waals surface area (Å²) in [7, 11) is 0. The van der Waals surface area contributed by atoms with E-state index in [-0.39, 0.29) is 37.1 Å². The SMILES string of the molecule is O=C(COc1ccc(Cl)cc1)N[C@H]1CC[C@H](NC(=O)C2COc3cc(Cl)ccc3N2)CC1. The maximum absolute atomic E-state index is 12.7. The lowest BCUT2D eigenvalue weighted by Gasteiger charge is -2.32. The first kappa shape index (κ1) is 22.6. The van der Waals surface area contributed by atoms with Crippen LogP contribution in [-0.2, 0) is 9.59 Å². The van der Waals surface area contributed by atoms with Gasteiger partial charge in [-0.2, -0.15) is 0 Å². The van der Waals surface area contributed by atoms with E-state index < -0.39 is 6.04 Å². The second-order valence-corrected chi connectivity index (χ2v) is 8.89. The highest BCUT2D eigenvalue weighted by atomic mass is 35.5. The molecule has 7 nitrogen and oxygen atoms in total. The Balaban J connectivity index is 1.17. The Labute approximate surface area is 196 Å². The number of rotatable bonds is 6. The summed E-state index contributed by atoms with van der Waals surface area (Å²) in [5, 5.41) is 10.5. The van der Waals surface area contributed by atoms with E-state index in [4.69, 9.17) is 32.7 Å². The van der Waals surface area contributed by atoms with E-state index >= 15 is 0 Å². The van der Waals surface area contributed by atoms with Gasteiger partial charge < -0.3 is 25.4 Å². The summed E-state index contributed by atoms with van der Waals surface area (Å²) < 4.78 is 11.2. The molecular formula is C23H25Cl2N3O4. The molecule has 32 heavy (non-hydrogen) atoms. The van der Waals surface area contributed by atoms with Gasteiger partial charge in [0.25, 0.3) is 5.91 Å². The molecule has 0 radical (unpaired) electrons. The first-order valence-corrected chi connectivity index (χ1v) is 11.4. The Morgan fingerprint density at radius 1 is 0.969 bits per heavy atom. The monoisotopic (exact) mass is 477 g/mol. The van der Waals surface area contributed by atoms with Crippen molar-refractivity contribution in [1.29, 1.82) is 0 Å². The molecule has 1 aliphatic carbocycles. The zero-order chi connectivity index (χ0) is 22.5. The highest BCUT2D eigenvalue weighted by Crippen LogP contribution is 2.31. The Hall–Kier alpha value is -2.64. The number of benzene rings is 2. The summed E-state index contributed by atoms with van der Waals surface area (Å²) in [6.07, 6.45) is 3.20. The molecular weight excluding hydrogens is 453 g/mol. The van der Waals surface area contributed by atoms with Crippen LogP contribution in [0.25, 0.3) is 0 Å². The van der Waals surface area contributed by atoms with Gasteiger partial charge in [0, 0.05) is 28.2 Å². The molecule has 3 N–H and O–H groups in total. The average Bonchev–Trinajstić information content (AvgIpc) is 2.79. The standard InChI is InChI=1S/C23H25Cl2N3O4/c24-14-1-8-18(9-2-14)31-13-22(29)26-16-4-6-17(7-5-16)27-23(30)20-12-32-21-11-15(25)3-10-19(21)28-20/h1-3,8-11,16-17,20,28H,4-7,12-13H2,(H,26,29)(H,27,30)/t16-,17-,20?. The molecule has 0 bridgehead atoms. The van der Waals surface area contributed by atoms with Gasteiger partial charge in [-0.1, -0.05) is 23.2 Å². The highest BCUT2D eigenvalue weighted by Gasteiger charge is 2.29. The number of halogens is 2. The molecule has 1 aliphatic heterocycles. The van der Waals surface area contributed by atoms with Gasteiger partial charge >= 0.3 is 0 Å². The molecule has 170 valence electrons. The molecule has 1 atom stereocenters. The zero-order valence-electron chi connectivity index (χ0n) is 17.4. The number of hydrogen-bond acceptors (Lipinski definition) is 5. The topological polar surface area (TPSA) is 88.7 Å². The molecule has 1 unspecified atom stereocenters. The predicted octanol–water partition coefficient (Wildman–Crippen LogP) is 3.79. The third kappa shape index (κ3) is 5.99. The molecule has 2 aromatic carbocycles. The van der Waals surface area contributed by atoms with Crippen LogP contribution in [0.3, 0.4) is 0 Å². The zero-order valence-corrected chi connectivity index (χ0v) is 18.9. The van der Waals surface area contributed by atoms with Gasteiger partial charge in [0.05, 0.1) is 5.69 Å². The quantitative estimate of drug-likeness (QED) is 0.588. The minimum Gasteiger partial charge on any atom is -0.489 e. The molecule has 2 amide bonds. The van der Waals surface area contributed by atoms with Crippen molar-refractivity contribution < 1.29 is 19.1 Å². The van der Waals surface area contributed by atoms with Crippen molar-refractivity contribution in [3.05, 3.63) is 52.5 Å². The summed E-state index contributed by atoms with van der Waals surface area (Å²) in [5.41, 5.74) is 0.757. The van der Waals surface area contributed by atoms with Crippen molar-refractivity contribution in [1.82, 2.24) is 10.6 Å². The number of hydrogen-bond donors (Lipinski definition) is 3. The highest BCUT2D eigenvalue weighted by molar-refractivity contribution is 6.31. The fourth-order valence-corrected chi connectivity index (χ4v) is 4.20. The molecule has 2 aliphatic rings. The Bertz CT molecular complexity index is 962. The lowest BCUT2D eigenvalue weighted by molar-refractivity contribution is -0.125. The number of anilines is 1. The molecule has 0 aromatic heterocycles. The lowest BCUT2D eigenvalue weighted by atomic mass is 9.91. The fraction of sp³-hybridized carbons (Fsp3) is 0.391. The molecule has 4 rings (SSSR count). The predicted molar refractivity (Wildman–Crippen MR) is 124 cm³/mol. The summed E-state index contributed by atoms with van der Waals surface area (Å²) in [6, 6.07) is 11.9.